The monoisotopic (exact) mass is 347 g/mol. The number of amides is 3. The number of carbonyl (C=O) groups is 2. The summed E-state index contributed by atoms with van der Waals surface area (Å²) in [7, 11) is 3.48. The predicted molar refractivity (Wildman–Crippen MR) is 94.2 cm³/mol. The van der Waals surface area contributed by atoms with Crippen molar-refractivity contribution in [2.24, 2.45) is 0 Å². The van der Waals surface area contributed by atoms with Gasteiger partial charge in [0.25, 0.3) is 0 Å². The summed E-state index contributed by atoms with van der Waals surface area (Å²) in [6.45, 7) is 4.32. The summed E-state index contributed by atoms with van der Waals surface area (Å²) in [5, 5.41) is 9.76. The third-order valence-electron chi connectivity index (χ3n) is 3.69. The molecule has 0 radical (unpaired) electrons. The molecule has 8 heteroatoms. The van der Waals surface area contributed by atoms with Gasteiger partial charge >= 0.3 is 6.03 Å². The number of aryl methyl sites for hydroxylation is 2. The standard InChI is InChI=1S/C17H25N5O3/c1-12-7-8-14(25-12)13(2)18-17(24)19-15-9-11-22(20-15)10-5-6-16(23)21(3)4/h7-9,11,13H,5-6,10H2,1-4H3,(H2,18,19,20,24)/t13-/m0/s1. The minimum absolute atomic E-state index is 0.0898. The van der Waals surface area contributed by atoms with Gasteiger partial charge in [0, 0.05) is 39.3 Å². The second-order valence-corrected chi connectivity index (χ2v) is 6.12. The quantitative estimate of drug-likeness (QED) is 0.805. The van der Waals surface area contributed by atoms with Gasteiger partial charge in [0.1, 0.15) is 11.5 Å². The van der Waals surface area contributed by atoms with Gasteiger partial charge in [-0.15, -0.1) is 0 Å². The van der Waals surface area contributed by atoms with Crippen molar-refractivity contribution in [2.75, 3.05) is 19.4 Å². The largest absolute Gasteiger partial charge is 0.464 e. The molecule has 0 aliphatic heterocycles. The zero-order valence-corrected chi connectivity index (χ0v) is 15.1. The lowest BCUT2D eigenvalue weighted by Gasteiger charge is -2.11. The number of nitrogens with zero attached hydrogens (tertiary/aromatic N) is 3. The van der Waals surface area contributed by atoms with Gasteiger partial charge in [0.05, 0.1) is 6.04 Å². The topological polar surface area (TPSA) is 92.4 Å². The molecule has 25 heavy (non-hydrogen) atoms. The SMILES string of the molecule is Cc1ccc([C@H](C)NC(=O)Nc2ccn(CCCC(=O)N(C)C)n2)o1. The Hall–Kier alpha value is -2.77. The maximum Gasteiger partial charge on any atom is 0.321 e. The highest BCUT2D eigenvalue weighted by Crippen LogP contribution is 2.15. The molecule has 0 unspecified atom stereocenters. The van der Waals surface area contributed by atoms with E-state index in [1.165, 1.54) is 0 Å². The van der Waals surface area contributed by atoms with Crippen LogP contribution in [0, 0.1) is 6.92 Å². The Morgan fingerprint density at radius 1 is 1.32 bits per heavy atom. The summed E-state index contributed by atoms with van der Waals surface area (Å²) < 4.78 is 7.19. The van der Waals surface area contributed by atoms with E-state index in [4.69, 9.17) is 4.42 Å². The lowest BCUT2D eigenvalue weighted by molar-refractivity contribution is -0.128. The van der Waals surface area contributed by atoms with E-state index >= 15 is 0 Å². The average molecular weight is 347 g/mol. The van der Waals surface area contributed by atoms with Crippen molar-refractivity contribution in [1.82, 2.24) is 20.0 Å². The Morgan fingerprint density at radius 3 is 2.72 bits per heavy atom. The molecule has 1 atom stereocenters. The second kappa shape index (κ2) is 8.36. The molecule has 0 fully saturated rings. The van der Waals surface area contributed by atoms with Crippen LogP contribution in [0.2, 0.25) is 0 Å². The number of urea groups is 1. The van der Waals surface area contributed by atoms with Gasteiger partial charge < -0.3 is 14.6 Å². The van der Waals surface area contributed by atoms with Crippen LogP contribution in [-0.2, 0) is 11.3 Å². The number of aromatic nitrogens is 2. The Balaban J connectivity index is 1.78. The van der Waals surface area contributed by atoms with Crippen molar-refractivity contribution >= 4 is 17.8 Å². The van der Waals surface area contributed by atoms with Gasteiger partial charge in [-0.3, -0.25) is 14.8 Å². The zero-order valence-electron chi connectivity index (χ0n) is 15.1. The molecule has 0 aromatic carbocycles. The van der Waals surface area contributed by atoms with Crippen molar-refractivity contribution in [1.29, 1.82) is 0 Å². The number of hydrogen-bond acceptors (Lipinski definition) is 4. The average Bonchev–Trinajstić information content (AvgIpc) is 3.16. The third-order valence-corrected chi connectivity index (χ3v) is 3.69. The van der Waals surface area contributed by atoms with Crippen LogP contribution in [0.1, 0.15) is 37.3 Å². The van der Waals surface area contributed by atoms with Crippen molar-refractivity contribution in [3.05, 3.63) is 35.9 Å². The molecule has 3 amide bonds. The van der Waals surface area contributed by atoms with Crippen molar-refractivity contribution < 1.29 is 14.0 Å². The summed E-state index contributed by atoms with van der Waals surface area (Å²) in [4.78, 5) is 25.1. The fourth-order valence-corrected chi connectivity index (χ4v) is 2.28. The van der Waals surface area contributed by atoms with Crippen LogP contribution < -0.4 is 10.6 Å². The molecule has 0 saturated carbocycles. The van der Waals surface area contributed by atoms with Crippen molar-refractivity contribution in [3.8, 4) is 0 Å². The Morgan fingerprint density at radius 2 is 2.08 bits per heavy atom. The highest BCUT2D eigenvalue weighted by Gasteiger charge is 2.13. The lowest BCUT2D eigenvalue weighted by atomic mass is 10.2. The Bertz CT molecular complexity index is 719. The van der Waals surface area contributed by atoms with Gasteiger partial charge in [-0.2, -0.15) is 5.10 Å². The minimum atomic E-state index is -0.352. The highest BCUT2D eigenvalue weighted by molar-refractivity contribution is 5.88. The molecule has 2 rings (SSSR count). The summed E-state index contributed by atoms with van der Waals surface area (Å²) in [6, 6.07) is 4.81. The van der Waals surface area contributed by atoms with Crippen molar-refractivity contribution in [3.63, 3.8) is 0 Å². The molecular formula is C17H25N5O3. The molecule has 136 valence electrons. The first-order valence-corrected chi connectivity index (χ1v) is 8.22. The molecule has 8 nitrogen and oxygen atoms in total. The smallest absolute Gasteiger partial charge is 0.321 e. The molecule has 0 bridgehead atoms. The van der Waals surface area contributed by atoms with E-state index < -0.39 is 0 Å². The fraction of sp³-hybridized carbons (Fsp3) is 0.471. The maximum atomic E-state index is 12.0. The minimum Gasteiger partial charge on any atom is -0.464 e. The van der Waals surface area contributed by atoms with Crippen LogP contribution in [-0.4, -0.2) is 40.7 Å². The van der Waals surface area contributed by atoms with Crippen LogP contribution in [0.25, 0.3) is 0 Å². The summed E-state index contributed by atoms with van der Waals surface area (Å²) in [5.74, 6) is 2.05. The van der Waals surface area contributed by atoms with Crippen LogP contribution in [0.4, 0.5) is 10.6 Å². The van der Waals surface area contributed by atoms with E-state index in [2.05, 4.69) is 15.7 Å². The molecule has 0 saturated heterocycles. The van der Waals surface area contributed by atoms with E-state index in [1.807, 2.05) is 26.0 Å². The molecule has 2 heterocycles. The summed E-state index contributed by atoms with van der Waals surface area (Å²) in [5.41, 5.74) is 0. The van der Waals surface area contributed by atoms with E-state index in [9.17, 15) is 9.59 Å². The van der Waals surface area contributed by atoms with Gasteiger partial charge in [0.2, 0.25) is 5.91 Å². The normalized spacial score (nSPS) is 11.8. The predicted octanol–water partition coefficient (Wildman–Crippen LogP) is 2.54. The number of carbonyl (C=O) groups excluding carboxylic acids is 2. The molecular weight excluding hydrogens is 322 g/mol. The third kappa shape index (κ3) is 5.66. The first kappa shape index (κ1) is 18.6. The van der Waals surface area contributed by atoms with Gasteiger partial charge in [-0.25, -0.2) is 4.79 Å². The lowest BCUT2D eigenvalue weighted by Crippen LogP contribution is -2.31. The number of furan rings is 1. The van der Waals surface area contributed by atoms with Crippen LogP contribution in [0.5, 0.6) is 0 Å². The Labute approximate surface area is 147 Å². The van der Waals surface area contributed by atoms with Gasteiger partial charge in [0.15, 0.2) is 5.82 Å². The molecule has 2 N–H and O–H groups in total. The van der Waals surface area contributed by atoms with E-state index in [0.29, 0.717) is 31.0 Å². The first-order chi connectivity index (χ1) is 11.8. The Kier molecular flexibility index (Phi) is 6.21. The van der Waals surface area contributed by atoms with Crippen LogP contribution in [0.15, 0.2) is 28.8 Å². The number of anilines is 1. The number of nitrogens with one attached hydrogen (secondary N) is 2. The van der Waals surface area contributed by atoms with E-state index in [1.54, 1.807) is 35.9 Å². The highest BCUT2D eigenvalue weighted by atomic mass is 16.3. The number of hydrogen-bond donors (Lipinski definition) is 2. The summed E-state index contributed by atoms with van der Waals surface area (Å²) in [6.07, 6.45) is 2.93. The van der Waals surface area contributed by atoms with Gasteiger partial charge in [-0.1, -0.05) is 0 Å². The number of rotatable bonds is 7. The van der Waals surface area contributed by atoms with E-state index in [0.717, 1.165) is 5.76 Å². The maximum absolute atomic E-state index is 12.0. The zero-order chi connectivity index (χ0) is 18.4. The molecule has 2 aromatic rings. The van der Waals surface area contributed by atoms with Crippen molar-refractivity contribution in [2.45, 2.75) is 39.3 Å². The second-order valence-electron chi connectivity index (χ2n) is 6.12. The summed E-state index contributed by atoms with van der Waals surface area (Å²) >= 11 is 0. The molecule has 0 aliphatic carbocycles. The molecule has 2 aromatic heterocycles. The van der Waals surface area contributed by atoms with Gasteiger partial charge in [-0.05, 0) is 32.4 Å². The fourth-order valence-electron chi connectivity index (χ4n) is 2.28. The van der Waals surface area contributed by atoms with Crippen LogP contribution in [0.3, 0.4) is 0 Å². The molecule has 0 aliphatic rings. The first-order valence-electron chi connectivity index (χ1n) is 8.22. The van der Waals surface area contributed by atoms with Crippen LogP contribution >= 0.6 is 0 Å². The van der Waals surface area contributed by atoms with E-state index in [-0.39, 0.29) is 18.0 Å². The molecule has 0 spiro atoms.